The van der Waals surface area contributed by atoms with Gasteiger partial charge in [0.15, 0.2) is 0 Å². The quantitative estimate of drug-likeness (QED) is 0.134. The van der Waals surface area contributed by atoms with Gasteiger partial charge in [0.05, 0.1) is 6.04 Å². The first-order valence-electron chi connectivity index (χ1n) is 17.6. The lowest BCUT2D eigenvalue weighted by Crippen LogP contribution is -2.46. The molecular formula is C43H43F2N3O5. The minimum atomic E-state index is -1.36. The highest BCUT2D eigenvalue weighted by Crippen LogP contribution is 2.45. The zero-order valence-electron chi connectivity index (χ0n) is 30.2. The molecular weight excluding hydrogens is 676 g/mol. The molecule has 1 aliphatic carbocycles. The SMILES string of the molecule is CC(=O)N(CCC(NC(=O)OCC1c2ccccc2-c2ccccc21)C(=O)O)C(c1cc(-c2cc(F)ccc2F)cn1Cc1ccccc1)C(C)(C)C. The molecule has 6 rings (SSSR count). The Bertz CT molecular complexity index is 2080. The molecule has 8 nitrogen and oxygen atoms in total. The highest BCUT2D eigenvalue weighted by Gasteiger charge is 2.37. The summed E-state index contributed by atoms with van der Waals surface area (Å²) in [5.74, 6) is -2.96. The van der Waals surface area contributed by atoms with Gasteiger partial charge in [-0.3, -0.25) is 4.79 Å². The minimum absolute atomic E-state index is 0.0184. The van der Waals surface area contributed by atoms with Crippen molar-refractivity contribution in [2.45, 2.75) is 58.7 Å². The van der Waals surface area contributed by atoms with E-state index in [9.17, 15) is 23.9 Å². The first-order chi connectivity index (χ1) is 25.3. The summed E-state index contributed by atoms with van der Waals surface area (Å²) in [6, 6.07) is 28.5. The van der Waals surface area contributed by atoms with E-state index in [2.05, 4.69) is 5.32 Å². The first kappa shape index (κ1) is 37.0. The maximum atomic E-state index is 15.1. The third-order valence-corrected chi connectivity index (χ3v) is 9.77. The number of carbonyl (C=O) groups is 3. The number of carboxylic acid groups (broad SMARTS) is 1. The van der Waals surface area contributed by atoms with Crippen LogP contribution in [0.2, 0.25) is 0 Å². The summed E-state index contributed by atoms with van der Waals surface area (Å²) in [5, 5.41) is 12.7. The van der Waals surface area contributed by atoms with Crippen LogP contribution < -0.4 is 5.32 Å². The lowest BCUT2D eigenvalue weighted by molar-refractivity contribution is -0.141. The Kier molecular flexibility index (Phi) is 10.8. The summed E-state index contributed by atoms with van der Waals surface area (Å²) < 4.78 is 36.9. The Labute approximate surface area is 308 Å². The standard InChI is InChI=1S/C43H43F2N3O5/c1-27(49)48(21-20-38(41(50)51)46-42(52)53-26-36-33-16-10-8-14-31(33)32-15-9-11-17-34(32)36)40(43(2,3)4)39-22-29(35-23-30(44)18-19-37(35)45)25-47(39)24-28-12-6-5-7-13-28/h5-19,22-23,25,36,38,40H,20-21,24,26H2,1-4H3,(H,46,52)(H,50,51). The Morgan fingerprint density at radius 1 is 0.868 bits per heavy atom. The normalized spacial score (nSPS) is 13.5. The summed E-state index contributed by atoms with van der Waals surface area (Å²) in [6.07, 6.45) is 0.756. The van der Waals surface area contributed by atoms with Crippen LogP contribution in [0.1, 0.15) is 68.5 Å². The summed E-state index contributed by atoms with van der Waals surface area (Å²) in [5.41, 5.74) is 5.73. The number of halogens is 2. The van der Waals surface area contributed by atoms with Crippen LogP contribution in [0.25, 0.3) is 22.3 Å². The van der Waals surface area contributed by atoms with Crippen LogP contribution >= 0.6 is 0 Å². The van der Waals surface area contributed by atoms with E-state index < -0.39 is 41.2 Å². The van der Waals surface area contributed by atoms with Gasteiger partial charge < -0.3 is 24.6 Å². The second-order valence-electron chi connectivity index (χ2n) is 14.5. The van der Waals surface area contributed by atoms with Crippen molar-refractivity contribution in [1.82, 2.24) is 14.8 Å². The number of fused-ring (bicyclic) bond motifs is 3. The lowest BCUT2D eigenvalue weighted by Gasteiger charge is -2.41. The van der Waals surface area contributed by atoms with Gasteiger partial charge in [0.2, 0.25) is 5.91 Å². The first-order valence-corrected chi connectivity index (χ1v) is 17.6. The van der Waals surface area contributed by atoms with Crippen molar-refractivity contribution in [3.63, 3.8) is 0 Å². The van der Waals surface area contributed by atoms with Gasteiger partial charge in [0.1, 0.15) is 24.3 Å². The van der Waals surface area contributed by atoms with Gasteiger partial charge in [0, 0.05) is 48.9 Å². The van der Waals surface area contributed by atoms with Crippen LogP contribution in [0.15, 0.2) is 109 Å². The lowest BCUT2D eigenvalue weighted by atomic mass is 9.82. The van der Waals surface area contributed by atoms with Crippen LogP contribution in [0, 0.1) is 17.0 Å². The van der Waals surface area contributed by atoms with Crippen molar-refractivity contribution in [3.05, 3.63) is 143 Å². The van der Waals surface area contributed by atoms with Crippen molar-refractivity contribution in [2.75, 3.05) is 13.2 Å². The molecule has 274 valence electrons. The number of rotatable bonds is 12. The molecule has 0 fully saturated rings. The number of nitrogens with zero attached hydrogens (tertiary/aromatic N) is 2. The van der Waals surface area contributed by atoms with E-state index >= 15 is 4.39 Å². The number of aliphatic carboxylic acids is 1. The van der Waals surface area contributed by atoms with E-state index in [4.69, 9.17) is 4.74 Å². The monoisotopic (exact) mass is 719 g/mol. The fraction of sp³-hybridized carbons (Fsp3) is 0.279. The zero-order valence-corrected chi connectivity index (χ0v) is 30.2. The molecule has 2 atom stereocenters. The van der Waals surface area contributed by atoms with Gasteiger partial charge in [-0.05, 0) is 63.9 Å². The zero-order chi connectivity index (χ0) is 37.9. The van der Waals surface area contributed by atoms with Gasteiger partial charge >= 0.3 is 12.1 Å². The van der Waals surface area contributed by atoms with E-state index in [0.29, 0.717) is 17.8 Å². The second-order valence-corrected chi connectivity index (χ2v) is 14.5. The molecule has 0 spiro atoms. The minimum Gasteiger partial charge on any atom is -0.480 e. The molecule has 2 unspecified atom stereocenters. The Balaban J connectivity index is 1.23. The number of nitrogens with one attached hydrogen (secondary N) is 1. The van der Waals surface area contributed by atoms with Gasteiger partial charge in [-0.1, -0.05) is 99.6 Å². The summed E-state index contributed by atoms with van der Waals surface area (Å²) in [6.45, 7) is 7.65. The summed E-state index contributed by atoms with van der Waals surface area (Å²) in [7, 11) is 0. The molecule has 2 amide bonds. The van der Waals surface area contributed by atoms with Gasteiger partial charge in [-0.2, -0.15) is 0 Å². The van der Waals surface area contributed by atoms with E-state index in [-0.39, 0.29) is 37.0 Å². The fourth-order valence-corrected chi connectivity index (χ4v) is 7.39. The maximum Gasteiger partial charge on any atom is 0.407 e. The third-order valence-electron chi connectivity index (χ3n) is 9.77. The average Bonchev–Trinajstić information content (AvgIpc) is 3.67. The molecule has 10 heteroatoms. The molecule has 1 aliphatic rings. The molecule has 0 radical (unpaired) electrons. The van der Waals surface area contributed by atoms with Crippen LogP contribution in [0.4, 0.5) is 13.6 Å². The largest absolute Gasteiger partial charge is 0.480 e. The number of amides is 2. The summed E-state index contributed by atoms with van der Waals surface area (Å²) >= 11 is 0. The Morgan fingerprint density at radius 3 is 2.09 bits per heavy atom. The van der Waals surface area contributed by atoms with Crippen LogP contribution in [0.5, 0.6) is 0 Å². The van der Waals surface area contributed by atoms with Crippen molar-refractivity contribution in [1.29, 1.82) is 0 Å². The van der Waals surface area contributed by atoms with Crippen LogP contribution in [0.3, 0.4) is 0 Å². The fourth-order valence-electron chi connectivity index (χ4n) is 7.39. The molecule has 2 N–H and O–H groups in total. The van der Waals surface area contributed by atoms with Gasteiger partial charge in [-0.25, -0.2) is 18.4 Å². The van der Waals surface area contributed by atoms with E-state index in [0.717, 1.165) is 46.0 Å². The molecule has 1 aromatic heterocycles. The Morgan fingerprint density at radius 2 is 1.49 bits per heavy atom. The highest BCUT2D eigenvalue weighted by molar-refractivity contribution is 5.81. The Hall–Kier alpha value is -5.77. The van der Waals surface area contributed by atoms with Crippen molar-refractivity contribution in [2.24, 2.45) is 5.41 Å². The number of benzene rings is 4. The van der Waals surface area contributed by atoms with E-state index in [1.54, 1.807) is 17.2 Å². The molecule has 1 heterocycles. The van der Waals surface area contributed by atoms with Crippen LogP contribution in [-0.2, 0) is 20.9 Å². The highest BCUT2D eigenvalue weighted by atomic mass is 19.1. The molecule has 5 aromatic rings. The number of aromatic nitrogens is 1. The number of ether oxygens (including phenoxy) is 1. The smallest absolute Gasteiger partial charge is 0.407 e. The molecule has 53 heavy (non-hydrogen) atoms. The van der Waals surface area contributed by atoms with Gasteiger partial charge in [-0.15, -0.1) is 0 Å². The van der Waals surface area contributed by atoms with Gasteiger partial charge in [0.25, 0.3) is 0 Å². The topological polar surface area (TPSA) is 101 Å². The molecule has 0 bridgehead atoms. The number of carbonyl (C=O) groups excluding carboxylic acids is 2. The molecule has 0 saturated carbocycles. The second kappa shape index (κ2) is 15.5. The summed E-state index contributed by atoms with van der Waals surface area (Å²) in [4.78, 5) is 40.6. The predicted molar refractivity (Wildman–Crippen MR) is 199 cm³/mol. The van der Waals surface area contributed by atoms with Crippen molar-refractivity contribution in [3.8, 4) is 22.3 Å². The molecule has 4 aromatic carbocycles. The average molecular weight is 720 g/mol. The number of hydrogen-bond acceptors (Lipinski definition) is 4. The maximum absolute atomic E-state index is 15.1. The number of carboxylic acids is 1. The van der Waals surface area contributed by atoms with E-state index in [1.807, 2.05) is 104 Å². The predicted octanol–water partition coefficient (Wildman–Crippen LogP) is 8.80. The van der Waals surface area contributed by atoms with Crippen molar-refractivity contribution < 1.29 is 33.0 Å². The number of hydrogen-bond donors (Lipinski definition) is 2. The van der Waals surface area contributed by atoms with Crippen LogP contribution in [-0.4, -0.2) is 51.7 Å². The molecule has 0 saturated heterocycles. The number of alkyl carbamates (subject to hydrolysis) is 1. The molecule has 0 aliphatic heterocycles. The van der Waals surface area contributed by atoms with Crippen molar-refractivity contribution >= 4 is 18.0 Å². The third kappa shape index (κ3) is 8.17. The van der Waals surface area contributed by atoms with E-state index in [1.165, 1.54) is 6.92 Å².